The quantitative estimate of drug-likeness (QED) is 0.611. The minimum Gasteiger partial charge on any atom is -0.377 e. The molecule has 3 fully saturated rings. The second-order valence-electron chi connectivity index (χ2n) is 3.63. The number of morpholine rings is 1. The van der Waals surface area contributed by atoms with Crippen molar-refractivity contribution in [1.82, 2.24) is 4.90 Å². The lowest BCUT2D eigenvalue weighted by molar-refractivity contribution is -0.167. The lowest BCUT2D eigenvalue weighted by Crippen LogP contribution is -2.65. The zero-order chi connectivity index (χ0) is 8.55. The maximum absolute atomic E-state index is 11.5. The summed E-state index contributed by atoms with van der Waals surface area (Å²) in [6, 6.07) is 0.811. The molecule has 12 heavy (non-hydrogen) atoms. The van der Waals surface area contributed by atoms with Crippen molar-refractivity contribution < 1.29 is 9.53 Å². The first-order valence-corrected chi connectivity index (χ1v) is 4.72. The van der Waals surface area contributed by atoms with Crippen molar-refractivity contribution in [2.24, 2.45) is 0 Å². The highest BCUT2D eigenvalue weighted by Gasteiger charge is 2.44. The molecule has 3 heteroatoms. The molecule has 3 heterocycles. The highest BCUT2D eigenvalue weighted by Crippen LogP contribution is 2.31. The van der Waals surface area contributed by atoms with Crippen LogP contribution in [0, 0.1) is 0 Å². The van der Waals surface area contributed by atoms with E-state index in [2.05, 4.69) is 0 Å². The van der Waals surface area contributed by atoms with Crippen LogP contribution in [0.2, 0.25) is 0 Å². The monoisotopic (exact) mass is 169 g/mol. The van der Waals surface area contributed by atoms with Crippen molar-refractivity contribution in [2.75, 3.05) is 13.2 Å². The number of fused-ring (bicyclic) bond motifs is 2. The van der Waals surface area contributed by atoms with Gasteiger partial charge in [0.1, 0.15) is 0 Å². The van der Waals surface area contributed by atoms with E-state index >= 15 is 0 Å². The highest BCUT2D eigenvalue weighted by molar-refractivity contribution is 5.78. The van der Waals surface area contributed by atoms with Crippen LogP contribution in [0.5, 0.6) is 0 Å². The summed E-state index contributed by atoms with van der Waals surface area (Å²) < 4.78 is 5.30. The topological polar surface area (TPSA) is 29.5 Å². The summed E-state index contributed by atoms with van der Waals surface area (Å²) in [6.45, 7) is 3.56. The number of amides is 1. The molecule has 3 rings (SSSR count). The maximum Gasteiger partial charge on any atom is 0.223 e. The van der Waals surface area contributed by atoms with Gasteiger partial charge >= 0.3 is 0 Å². The van der Waals surface area contributed by atoms with Crippen LogP contribution in [-0.4, -0.2) is 36.1 Å². The van der Waals surface area contributed by atoms with Gasteiger partial charge in [0.15, 0.2) is 0 Å². The Bertz CT molecular complexity index is 179. The molecule has 0 aromatic heterocycles. The molecule has 2 atom stereocenters. The maximum atomic E-state index is 11.5. The summed E-state index contributed by atoms with van der Waals surface area (Å²) in [4.78, 5) is 13.5. The van der Waals surface area contributed by atoms with E-state index in [9.17, 15) is 4.79 Å². The molecule has 0 aromatic rings. The van der Waals surface area contributed by atoms with E-state index in [0.717, 1.165) is 26.1 Å². The van der Waals surface area contributed by atoms with Gasteiger partial charge in [-0.15, -0.1) is 0 Å². The van der Waals surface area contributed by atoms with Gasteiger partial charge < -0.3 is 9.64 Å². The Kier molecular flexibility index (Phi) is 2.05. The first-order valence-electron chi connectivity index (χ1n) is 4.72. The summed E-state index contributed by atoms with van der Waals surface area (Å²) in [6.07, 6.45) is 2.82. The van der Waals surface area contributed by atoms with Gasteiger partial charge in [0.2, 0.25) is 5.91 Å². The van der Waals surface area contributed by atoms with E-state index in [0.29, 0.717) is 24.4 Å². The van der Waals surface area contributed by atoms with Gasteiger partial charge in [0, 0.05) is 6.42 Å². The number of ether oxygens (including phenoxy) is 1. The van der Waals surface area contributed by atoms with Crippen molar-refractivity contribution in [1.29, 1.82) is 0 Å². The molecule has 0 aliphatic carbocycles. The van der Waals surface area contributed by atoms with Gasteiger partial charge in [-0.25, -0.2) is 0 Å². The zero-order valence-electron chi connectivity index (χ0n) is 7.45. The lowest BCUT2D eigenvalue weighted by atomic mass is 9.91. The minimum atomic E-state index is 0.321. The molecular weight excluding hydrogens is 154 g/mol. The predicted octanol–water partition coefficient (Wildman–Crippen LogP) is 0.786. The van der Waals surface area contributed by atoms with E-state index in [1.54, 1.807) is 0 Å². The smallest absolute Gasteiger partial charge is 0.223 e. The molecule has 0 saturated carbocycles. The van der Waals surface area contributed by atoms with Gasteiger partial charge in [-0.05, 0) is 12.8 Å². The average molecular weight is 169 g/mol. The Balaban J connectivity index is 1.92. The zero-order valence-corrected chi connectivity index (χ0v) is 7.45. The molecular formula is C9H15NO2. The Morgan fingerprint density at radius 1 is 1.50 bits per heavy atom. The normalized spacial score (nSPS) is 32.9. The number of nitrogens with zero attached hydrogens (tertiary/aromatic N) is 1. The summed E-state index contributed by atoms with van der Waals surface area (Å²) in [7, 11) is 0. The van der Waals surface area contributed by atoms with E-state index in [-0.39, 0.29) is 0 Å². The van der Waals surface area contributed by atoms with E-state index in [1.165, 1.54) is 0 Å². The molecule has 3 nitrogen and oxygen atoms in total. The predicted molar refractivity (Wildman–Crippen MR) is 44.8 cm³/mol. The summed E-state index contributed by atoms with van der Waals surface area (Å²) in [5.74, 6) is 0.321. The highest BCUT2D eigenvalue weighted by atomic mass is 16.5. The van der Waals surface area contributed by atoms with Crippen LogP contribution in [0.3, 0.4) is 0 Å². The molecule has 2 unspecified atom stereocenters. The molecule has 2 bridgehead atoms. The first kappa shape index (κ1) is 8.05. The van der Waals surface area contributed by atoms with Crippen molar-refractivity contribution >= 4 is 5.91 Å². The molecule has 3 aliphatic heterocycles. The molecule has 3 saturated heterocycles. The summed E-state index contributed by atoms with van der Waals surface area (Å²) in [5, 5.41) is 0. The summed E-state index contributed by atoms with van der Waals surface area (Å²) in [5.41, 5.74) is 0. The number of hydrogen-bond donors (Lipinski definition) is 0. The molecule has 0 N–H and O–H groups in total. The average Bonchev–Trinajstić information content (AvgIpc) is 2.05. The van der Waals surface area contributed by atoms with Crippen molar-refractivity contribution in [3.05, 3.63) is 0 Å². The Labute approximate surface area is 72.7 Å². The molecule has 0 radical (unpaired) electrons. The Hall–Kier alpha value is -0.570. The number of carbonyl (C=O) groups is 1. The molecule has 1 amide bonds. The van der Waals surface area contributed by atoms with Crippen LogP contribution in [0.1, 0.15) is 26.2 Å². The second kappa shape index (κ2) is 3.05. The van der Waals surface area contributed by atoms with Crippen LogP contribution < -0.4 is 0 Å². The number of rotatable bonds is 2. The van der Waals surface area contributed by atoms with Crippen molar-refractivity contribution in [3.63, 3.8) is 0 Å². The molecule has 68 valence electrons. The SMILES string of the molecule is CCCC(=O)N1C2COCC1C2. The number of carbonyl (C=O) groups excluding carboxylic acids is 1. The van der Waals surface area contributed by atoms with Crippen LogP contribution in [0.4, 0.5) is 0 Å². The van der Waals surface area contributed by atoms with Crippen LogP contribution in [0.15, 0.2) is 0 Å². The van der Waals surface area contributed by atoms with E-state index in [4.69, 9.17) is 4.74 Å². The van der Waals surface area contributed by atoms with E-state index < -0.39 is 0 Å². The van der Waals surface area contributed by atoms with Gasteiger partial charge in [0.05, 0.1) is 25.3 Å². The number of hydrogen-bond acceptors (Lipinski definition) is 2. The van der Waals surface area contributed by atoms with Crippen molar-refractivity contribution in [3.8, 4) is 0 Å². The fourth-order valence-corrected chi connectivity index (χ4v) is 2.09. The second-order valence-corrected chi connectivity index (χ2v) is 3.63. The standard InChI is InChI=1S/C9H15NO2/c1-2-3-9(11)10-7-4-8(10)6-12-5-7/h7-8H,2-6H2,1H3. The van der Waals surface area contributed by atoms with Gasteiger partial charge in [-0.2, -0.15) is 0 Å². The lowest BCUT2D eigenvalue weighted by Gasteiger charge is -2.52. The largest absolute Gasteiger partial charge is 0.377 e. The molecule has 3 aliphatic rings. The fraction of sp³-hybridized carbons (Fsp3) is 0.889. The van der Waals surface area contributed by atoms with Crippen LogP contribution in [0.25, 0.3) is 0 Å². The van der Waals surface area contributed by atoms with E-state index in [1.807, 2.05) is 11.8 Å². The summed E-state index contributed by atoms with van der Waals surface area (Å²) >= 11 is 0. The third-order valence-electron chi connectivity index (χ3n) is 2.70. The van der Waals surface area contributed by atoms with Gasteiger partial charge in [-0.1, -0.05) is 6.92 Å². The minimum absolute atomic E-state index is 0.321. The molecule has 0 spiro atoms. The third kappa shape index (κ3) is 1.12. The fourth-order valence-electron chi connectivity index (χ4n) is 2.09. The Morgan fingerprint density at radius 3 is 2.67 bits per heavy atom. The third-order valence-corrected chi connectivity index (χ3v) is 2.70. The van der Waals surface area contributed by atoms with Gasteiger partial charge in [-0.3, -0.25) is 4.79 Å². The van der Waals surface area contributed by atoms with Gasteiger partial charge in [0.25, 0.3) is 0 Å². The van der Waals surface area contributed by atoms with Crippen LogP contribution >= 0.6 is 0 Å². The van der Waals surface area contributed by atoms with Crippen molar-refractivity contribution in [2.45, 2.75) is 38.3 Å². The molecule has 0 aromatic carbocycles. The Morgan fingerprint density at radius 2 is 2.17 bits per heavy atom. The van der Waals surface area contributed by atoms with Crippen LogP contribution in [-0.2, 0) is 9.53 Å². The first-order chi connectivity index (χ1) is 5.83.